The molecule has 0 radical (unpaired) electrons. The molecule has 9 heteroatoms. The number of nitrogens with zero attached hydrogens (tertiary/aromatic N) is 3. The Hall–Kier alpha value is -2.75. The van der Waals surface area contributed by atoms with Gasteiger partial charge in [0, 0.05) is 50.3 Å². The van der Waals surface area contributed by atoms with Crippen molar-refractivity contribution in [3.63, 3.8) is 0 Å². The molecule has 30 heavy (non-hydrogen) atoms. The van der Waals surface area contributed by atoms with Crippen molar-refractivity contribution < 1.29 is 13.2 Å². The van der Waals surface area contributed by atoms with Crippen LogP contribution in [0.1, 0.15) is 29.8 Å². The second-order valence-corrected chi connectivity index (χ2v) is 9.67. The third-order valence-corrected chi connectivity index (χ3v) is 7.04. The summed E-state index contributed by atoms with van der Waals surface area (Å²) in [5, 5.41) is 6.20. The van der Waals surface area contributed by atoms with Crippen LogP contribution in [0, 0.1) is 0 Å². The van der Waals surface area contributed by atoms with E-state index in [-0.39, 0.29) is 22.9 Å². The molecular formula is C21H25N5O3S. The number of nitrogens with one attached hydrogen (secondary N) is 2. The zero-order valence-electron chi connectivity index (χ0n) is 16.9. The number of aromatic nitrogens is 2. The van der Waals surface area contributed by atoms with Gasteiger partial charge in [-0.2, -0.15) is 4.31 Å². The number of rotatable bonds is 5. The summed E-state index contributed by atoms with van der Waals surface area (Å²) < 4.78 is 29.2. The maximum Gasteiger partial charge on any atom is 0.253 e. The molecule has 158 valence electrons. The van der Waals surface area contributed by atoms with Crippen LogP contribution in [0.3, 0.4) is 0 Å². The number of piperazine rings is 1. The van der Waals surface area contributed by atoms with Gasteiger partial charge < -0.3 is 15.0 Å². The van der Waals surface area contributed by atoms with Crippen molar-refractivity contribution in [1.29, 1.82) is 0 Å². The van der Waals surface area contributed by atoms with Gasteiger partial charge in [-0.15, -0.1) is 0 Å². The molecule has 0 saturated carbocycles. The molecule has 8 nitrogen and oxygen atoms in total. The summed E-state index contributed by atoms with van der Waals surface area (Å²) in [4.78, 5) is 16.9. The topological polar surface area (TPSA) is 95.8 Å². The summed E-state index contributed by atoms with van der Waals surface area (Å²) in [6, 6.07) is 10.4. The van der Waals surface area contributed by atoms with E-state index in [1.165, 1.54) is 4.31 Å². The highest BCUT2D eigenvalue weighted by Crippen LogP contribution is 2.19. The second kappa shape index (κ2) is 8.17. The van der Waals surface area contributed by atoms with Gasteiger partial charge in [-0.05, 0) is 43.7 Å². The number of hydrogen-bond donors (Lipinski definition) is 2. The van der Waals surface area contributed by atoms with Crippen LogP contribution in [0.15, 0.2) is 59.9 Å². The number of sulfonamides is 1. The van der Waals surface area contributed by atoms with E-state index in [2.05, 4.69) is 15.6 Å². The molecule has 1 aromatic carbocycles. The van der Waals surface area contributed by atoms with Gasteiger partial charge in [-0.3, -0.25) is 4.79 Å². The summed E-state index contributed by atoms with van der Waals surface area (Å²) in [5.41, 5.74) is 2.13. The molecule has 0 unspecified atom stereocenters. The number of amides is 1. The van der Waals surface area contributed by atoms with Crippen LogP contribution < -0.4 is 10.6 Å². The van der Waals surface area contributed by atoms with E-state index >= 15 is 0 Å². The summed E-state index contributed by atoms with van der Waals surface area (Å²) in [5.74, 6) is -0.203. The lowest BCUT2D eigenvalue weighted by molar-refractivity contribution is 0.0950. The van der Waals surface area contributed by atoms with E-state index in [0.29, 0.717) is 25.2 Å². The fourth-order valence-corrected chi connectivity index (χ4v) is 5.36. The summed E-state index contributed by atoms with van der Waals surface area (Å²) in [7, 11) is -3.54. The number of imidazole rings is 1. The maximum absolute atomic E-state index is 12.9. The molecular weight excluding hydrogens is 402 g/mol. The first-order valence-electron chi connectivity index (χ1n) is 9.89. The fourth-order valence-electron chi connectivity index (χ4n) is 3.74. The van der Waals surface area contributed by atoms with Crippen molar-refractivity contribution >= 4 is 21.6 Å². The van der Waals surface area contributed by atoms with E-state index < -0.39 is 10.0 Å². The highest BCUT2D eigenvalue weighted by atomic mass is 32.2. The maximum atomic E-state index is 12.9. The quantitative estimate of drug-likeness (QED) is 0.645. The number of carbonyl (C=O) groups excluding carboxylic acids is 1. The zero-order chi connectivity index (χ0) is 21.3. The lowest BCUT2D eigenvalue weighted by Crippen LogP contribution is -2.55. The van der Waals surface area contributed by atoms with Crippen molar-refractivity contribution in [2.24, 2.45) is 0 Å². The molecule has 0 spiro atoms. The van der Waals surface area contributed by atoms with Crippen molar-refractivity contribution in [3.05, 3.63) is 66.1 Å². The first-order valence-corrected chi connectivity index (χ1v) is 11.3. The van der Waals surface area contributed by atoms with Crippen LogP contribution >= 0.6 is 0 Å². The van der Waals surface area contributed by atoms with Crippen LogP contribution in [-0.2, 0) is 16.6 Å². The van der Waals surface area contributed by atoms with Crippen LogP contribution in [0.25, 0.3) is 5.65 Å². The van der Waals surface area contributed by atoms with E-state index in [9.17, 15) is 13.2 Å². The molecule has 3 heterocycles. The number of benzene rings is 1. The monoisotopic (exact) mass is 427 g/mol. The molecule has 2 atom stereocenters. The van der Waals surface area contributed by atoms with E-state index in [1.807, 2.05) is 13.8 Å². The molecule has 3 aromatic rings. The number of carbonyl (C=O) groups is 1. The molecule has 1 aliphatic rings. The van der Waals surface area contributed by atoms with Gasteiger partial charge in [0.2, 0.25) is 10.0 Å². The summed E-state index contributed by atoms with van der Waals surface area (Å²) in [6.07, 6.45) is 5.18. The molecule has 0 aliphatic carbocycles. The second-order valence-electron chi connectivity index (χ2n) is 7.73. The molecule has 0 bridgehead atoms. The third-order valence-electron chi connectivity index (χ3n) is 5.19. The Morgan fingerprint density at radius 1 is 1.13 bits per heavy atom. The Bertz CT molecular complexity index is 1150. The Balaban J connectivity index is 1.41. The summed E-state index contributed by atoms with van der Waals surface area (Å²) in [6.45, 7) is 5.17. The van der Waals surface area contributed by atoms with Crippen LogP contribution in [-0.4, -0.2) is 53.2 Å². The van der Waals surface area contributed by atoms with E-state index in [1.54, 1.807) is 59.4 Å². The van der Waals surface area contributed by atoms with Crippen LogP contribution in [0.4, 0.5) is 0 Å². The zero-order valence-corrected chi connectivity index (χ0v) is 17.8. The van der Waals surface area contributed by atoms with Crippen molar-refractivity contribution in [1.82, 2.24) is 24.3 Å². The molecule has 1 aliphatic heterocycles. The average molecular weight is 428 g/mol. The van der Waals surface area contributed by atoms with Crippen molar-refractivity contribution in [2.75, 3.05) is 13.1 Å². The minimum atomic E-state index is -3.54. The minimum absolute atomic E-state index is 0.111. The number of pyridine rings is 1. The van der Waals surface area contributed by atoms with E-state index in [0.717, 1.165) is 11.2 Å². The predicted molar refractivity (Wildman–Crippen MR) is 114 cm³/mol. The predicted octanol–water partition coefficient (Wildman–Crippen LogP) is 1.64. The fraction of sp³-hybridized carbons (Fsp3) is 0.333. The molecule has 1 saturated heterocycles. The average Bonchev–Trinajstić information content (AvgIpc) is 3.19. The van der Waals surface area contributed by atoms with Gasteiger partial charge >= 0.3 is 0 Å². The van der Waals surface area contributed by atoms with Gasteiger partial charge in [0.15, 0.2) is 0 Å². The Labute approximate surface area is 176 Å². The van der Waals surface area contributed by atoms with Crippen LogP contribution in [0.5, 0.6) is 0 Å². The Morgan fingerprint density at radius 3 is 2.53 bits per heavy atom. The molecule has 2 N–H and O–H groups in total. The van der Waals surface area contributed by atoms with Crippen LogP contribution in [0.2, 0.25) is 0 Å². The van der Waals surface area contributed by atoms with Crippen molar-refractivity contribution in [2.45, 2.75) is 37.4 Å². The summed E-state index contributed by atoms with van der Waals surface area (Å²) >= 11 is 0. The van der Waals surface area contributed by atoms with E-state index in [4.69, 9.17) is 0 Å². The van der Waals surface area contributed by atoms with Gasteiger partial charge in [-0.25, -0.2) is 13.4 Å². The SMILES string of the molecule is C[C@@H]1CN(S(=O)(=O)c2ccc(CNC(=O)c3ccc4nccn4c3)cc2)C[C@H](C)N1. The van der Waals surface area contributed by atoms with Crippen molar-refractivity contribution in [3.8, 4) is 0 Å². The minimum Gasteiger partial charge on any atom is -0.348 e. The molecule has 4 rings (SSSR count). The Kier molecular flexibility index (Phi) is 5.59. The van der Waals surface area contributed by atoms with Gasteiger partial charge in [-0.1, -0.05) is 12.1 Å². The molecule has 2 aromatic heterocycles. The Morgan fingerprint density at radius 2 is 1.83 bits per heavy atom. The highest BCUT2D eigenvalue weighted by molar-refractivity contribution is 7.89. The lowest BCUT2D eigenvalue weighted by Gasteiger charge is -2.35. The lowest BCUT2D eigenvalue weighted by atomic mass is 10.2. The largest absolute Gasteiger partial charge is 0.348 e. The van der Waals surface area contributed by atoms with Gasteiger partial charge in [0.1, 0.15) is 5.65 Å². The van der Waals surface area contributed by atoms with Gasteiger partial charge in [0.25, 0.3) is 5.91 Å². The highest BCUT2D eigenvalue weighted by Gasteiger charge is 2.31. The first kappa shape index (κ1) is 20.5. The normalized spacial score (nSPS) is 20.3. The van der Waals surface area contributed by atoms with Gasteiger partial charge in [0.05, 0.1) is 10.5 Å². The molecule has 1 fully saturated rings. The number of fused-ring (bicyclic) bond motifs is 1. The molecule has 1 amide bonds. The first-order chi connectivity index (χ1) is 14.3. The number of hydrogen-bond acceptors (Lipinski definition) is 5. The smallest absolute Gasteiger partial charge is 0.253 e. The standard InChI is InChI=1S/C21H25N5O3S/c1-15-12-26(13-16(2)24-15)30(28,29)19-6-3-17(4-7-19)11-23-21(27)18-5-8-20-22-9-10-25(20)14-18/h3-10,14-16,24H,11-13H2,1-2H3,(H,23,27)/t15-,16+. The third kappa shape index (κ3) is 4.23.